The lowest BCUT2D eigenvalue weighted by Gasteiger charge is -2.07. The first-order valence-corrected chi connectivity index (χ1v) is 5.10. The minimum atomic E-state index is -0.655. The van der Waals surface area contributed by atoms with Gasteiger partial charge < -0.3 is 15.2 Å². The van der Waals surface area contributed by atoms with E-state index >= 15 is 0 Å². The highest BCUT2D eigenvalue weighted by Crippen LogP contribution is 2.22. The van der Waals surface area contributed by atoms with Crippen molar-refractivity contribution in [1.29, 1.82) is 0 Å². The summed E-state index contributed by atoms with van der Waals surface area (Å²) in [5.74, 6) is -0.613. The molecule has 0 saturated heterocycles. The first-order valence-electron chi connectivity index (χ1n) is 4.73. The second kappa shape index (κ2) is 5.50. The summed E-state index contributed by atoms with van der Waals surface area (Å²) in [7, 11) is 0. The molecule has 0 aromatic carbocycles. The molecule has 6 nitrogen and oxygen atoms in total. The Morgan fingerprint density at radius 1 is 1.38 bits per heavy atom. The Hall–Kier alpha value is -1.56. The Bertz CT molecular complexity index is 398. The highest BCUT2D eigenvalue weighted by molar-refractivity contribution is 6.30. The molecule has 0 unspecified atom stereocenters. The fraction of sp³-hybridized carbons (Fsp3) is 0.444. The Kier molecular flexibility index (Phi) is 4.30. The molecule has 88 valence electrons. The van der Waals surface area contributed by atoms with Gasteiger partial charge in [0.25, 0.3) is 5.88 Å². The zero-order valence-corrected chi connectivity index (χ0v) is 9.74. The summed E-state index contributed by atoms with van der Waals surface area (Å²) in [6.45, 7) is 4.06. The Morgan fingerprint density at radius 2 is 2.06 bits per heavy atom. The number of hydrogen-bond donors (Lipinski definition) is 1. The van der Waals surface area contributed by atoms with Crippen molar-refractivity contribution in [2.45, 2.75) is 13.8 Å². The molecule has 0 bridgehead atoms. The van der Waals surface area contributed by atoms with E-state index in [1.807, 2.05) is 0 Å². The molecule has 1 heterocycles. The molecular weight excluding hydrogens is 234 g/mol. The zero-order valence-electron chi connectivity index (χ0n) is 8.99. The van der Waals surface area contributed by atoms with Crippen LogP contribution in [0.25, 0.3) is 0 Å². The van der Waals surface area contributed by atoms with E-state index in [0.717, 1.165) is 0 Å². The lowest BCUT2D eigenvalue weighted by atomic mass is 10.4. The van der Waals surface area contributed by atoms with Crippen molar-refractivity contribution >= 4 is 23.4 Å². The molecule has 0 aliphatic heterocycles. The predicted molar refractivity (Wildman–Crippen MR) is 58.6 cm³/mol. The van der Waals surface area contributed by atoms with Crippen molar-refractivity contribution in [3.8, 4) is 5.88 Å². The maximum absolute atomic E-state index is 11.4. The molecule has 1 aromatic heterocycles. The maximum Gasteiger partial charge on any atom is 0.360 e. The summed E-state index contributed by atoms with van der Waals surface area (Å²) in [6, 6.07) is 0. The van der Waals surface area contributed by atoms with Crippen molar-refractivity contribution in [1.82, 2.24) is 9.97 Å². The van der Waals surface area contributed by atoms with Gasteiger partial charge in [-0.3, -0.25) is 0 Å². The quantitative estimate of drug-likeness (QED) is 0.805. The molecule has 0 atom stereocenters. The molecule has 0 spiro atoms. The van der Waals surface area contributed by atoms with Gasteiger partial charge in [0.15, 0.2) is 16.7 Å². The Balaban J connectivity index is 3.05. The lowest BCUT2D eigenvalue weighted by Crippen LogP contribution is -2.13. The van der Waals surface area contributed by atoms with Gasteiger partial charge >= 0.3 is 5.97 Å². The fourth-order valence-electron chi connectivity index (χ4n) is 0.990. The van der Waals surface area contributed by atoms with Crippen LogP contribution in [0.4, 0.5) is 5.82 Å². The number of anilines is 1. The summed E-state index contributed by atoms with van der Waals surface area (Å²) in [5, 5.41) is -0.0147. The standard InChI is InChI=1S/C9H12ClN3O3/c1-3-15-8-6(10)12-5(7(11)13-8)9(14)16-4-2/h3-4H2,1-2H3,(H2,11,13). The number of nitrogens with two attached hydrogens (primary N) is 1. The first-order chi connectivity index (χ1) is 7.60. The first kappa shape index (κ1) is 12.5. The SMILES string of the molecule is CCOC(=O)c1nc(Cl)c(OCC)nc1N. The number of rotatable bonds is 4. The summed E-state index contributed by atoms with van der Waals surface area (Å²) in [5.41, 5.74) is 5.44. The summed E-state index contributed by atoms with van der Waals surface area (Å²) < 4.78 is 9.82. The van der Waals surface area contributed by atoms with Crippen molar-refractivity contribution in [2.24, 2.45) is 0 Å². The van der Waals surface area contributed by atoms with Gasteiger partial charge in [0.1, 0.15) is 0 Å². The lowest BCUT2D eigenvalue weighted by molar-refractivity contribution is 0.0520. The van der Waals surface area contributed by atoms with Gasteiger partial charge in [0.05, 0.1) is 13.2 Å². The highest BCUT2D eigenvalue weighted by Gasteiger charge is 2.18. The van der Waals surface area contributed by atoms with Crippen LogP contribution in [0.5, 0.6) is 5.88 Å². The highest BCUT2D eigenvalue weighted by atomic mass is 35.5. The molecule has 0 saturated carbocycles. The minimum absolute atomic E-state index is 0.0147. The molecule has 7 heteroatoms. The molecule has 0 radical (unpaired) electrons. The van der Waals surface area contributed by atoms with Gasteiger partial charge in [-0.15, -0.1) is 0 Å². The van der Waals surface area contributed by atoms with E-state index < -0.39 is 5.97 Å². The molecule has 1 rings (SSSR count). The number of aromatic nitrogens is 2. The largest absolute Gasteiger partial charge is 0.476 e. The number of nitrogen functional groups attached to an aromatic ring is 1. The van der Waals surface area contributed by atoms with Crippen LogP contribution in [-0.4, -0.2) is 29.2 Å². The molecule has 0 aliphatic rings. The van der Waals surface area contributed by atoms with Gasteiger partial charge in [-0.25, -0.2) is 9.78 Å². The average molecular weight is 246 g/mol. The summed E-state index contributed by atoms with van der Waals surface area (Å²) in [6.07, 6.45) is 0. The smallest absolute Gasteiger partial charge is 0.360 e. The van der Waals surface area contributed by atoms with E-state index in [9.17, 15) is 4.79 Å². The fourth-order valence-corrected chi connectivity index (χ4v) is 1.17. The van der Waals surface area contributed by atoms with Gasteiger partial charge in [0, 0.05) is 0 Å². The average Bonchev–Trinajstić information content (AvgIpc) is 2.23. The van der Waals surface area contributed by atoms with Crippen molar-refractivity contribution in [3.05, 3.63) is 10.8 Å². The number of halogens is 1. The number of esters is 1. The van der Waals surface area contributed by atoms with Crippen LogP contribution >= 0.6 is 11.6 Å². The summed E-state index contributed by atoms with van der Waals surface area (Å²) >= 11 is 5.76. The third kappa shape index (κ3) is 2.73. The second-order valence-electron chi connectivity index (χ2n) is 2.71. The van der Waals surface area contributed by atoms with Gasteiger partial charge in [-0.1, -0.05) is 11.6 Å². The maximum atomic E-state index is 11.4. The van der Waals surface area contributed by atoms with E-state index in [1.54, 1.807) is 13.8 Å². The van der Waals surface area contributed by atoms with Crippen molar-refractivity contribution in [3.63, 3.8) is 0 Å². The molecule has 0 aliphatic carbocycles. The monoisotopic (exact) mass is 245 g/mol. The molecule has 0 fully saturated rings. The third-order valence-electron chi connectivity index (χ3n) is 1.60. The van der Waals surface area contributed by atoms with Crippen LogP contribution in [0.2, 0.25) is 5.15 Å². The topological polar surface area (TPSA) is 87.3 Å². The van der Waals surface area contributed by atoms with E-state index in [-0.39, 0.29) is 29.2 Å². The third-order valence-corrected chi connectivity index (χ3v) is 1.85. The zero-order chi connectivity index (χ0) is 12.1. The number of carbonyl (C=O) groups is 1. The Morgan fingerprint density at radius 3 is 2.62 bits per heavy atom. The van der Waals surface area contributed by atoms with Crippen molar-refractivity contribution in [2.75, 3.05) is 18.9 Å². The van der Waals surface area contributed by atoms with Crippen LogP contribution < -0.4 is 10.5 Å². The van der Waals surface area contributed by atoms with Crippen LogP contribution in [0.15, 0.2) is 0 Å². The van der Waals surface area contributed by atoms with E-state index in [4.69, 9.17) is 26.8 Å². The molecule has 1 aromatic rings. The van der Waals surface area contributed by atoms with E-state index in [2.05, 4.69) is 9.97 Å². The van der Waals surface area contributed by atoms with Gasteiger partial charge in [0.2, 0.25) is 0 Å². The number of nitrogens with zero attached hydrogens (tertiary/aromatic N) is 2. The predicted octanol–water partition coefficient (Wildman–Crippen LogP) is 1.29. The number of hydrogen-bond acceptors (Lipinski definition) is 6. The van der Waals surface area contributed by atoms with Gasteiger partial charge in [-0.2, -0.15) is 4.98 Å². The van der Waals surface area contributed by atoms with Gasteiger partial charge in [-0.05, 0) is 13.8 Å². The minimum Gasteiger partial charge on any atom is -0.476 e. The molecular formula is C9H12ClN3O3. The summed E-state index contributed by atoms with van der Waals surface area (Å²) in [4.78, 5) is 19.0. The normalized spacial score (nSPS) is 9.94. The number of carbonyl (C=O) groups excluding carboxylic acids is 1. The van der Waals surface area contributed by atoms with Crippen LogP contribution in [-0.2, 0) is 4.74 Å². The van der Waals surface area contributed by atoms with E-state index in [1.165, 1.54) is 0 Å². The van der Waals surface area contributed by atoms with Crippen molar-refractivity contribution < 1.29 is 14.3 Å². The van der Waals surface area contributed by atoms with Crippen LogP contribution in [0.3, 0.4) is 0 Å². The molecule has 2 N–H and O–H groups in total. The molecule has 16 heavy (non-hydrogen) atoms. The van der Waals surface area contributed by atoms with E-state index in [0.29, 0.717) is 6.61 Å². The second-order valence-corrected chi connectivity index (χ2v) is 3.06. The molecule has 0 amide bonds. The Labute approximate surface area is 97.7 Å². The number of ether oxygens (including phenoxy) is 2. The van der Waals surface area contributed by atoms with Crippen LogP contribution in [0, 0.1) is 0 Å². The van der Waals surface area contributed by atoms with Crippen LogP contribution in [0.1, 0.15) is 24.3 Å².